The fraction of sp³-hybridized carbons (Fsp3) is 0.361. The summed E-state index contributed by atoms with van der Waals surface area (Å²) in [6.45, 7) is 6.74. The molecule has 0 saturated carbocycles. The van der Waals surface area contributed by atoms with Crippen LogP contribution in [-0.2, 0) is 16.1 Å². The first-order valence-electron chi connectivity index (χ1n) is 16.3. The van der Waals surface area contributed by atoms with Gasteiger partial charge in [0.2, 0.25) is 0 Å². The fourth-order valence-corrected chi connectivity index (χ4v) is 6.77. The summed E-state index contributed by atoms with van der Waals surface area (Å²) in [4.78, 5) is 49.7. The van der Waals surface area contributed by atoms with Crippen molar-refractivity contribution in [1.82, 2.24) is 28.8 Å². The third-order valence-corrected chi connectivity index (χ3v) is 9.35. The topological polar surface area (TPSA) is 152 Å². The van der Waals surface area contributed by atoms with E-state index in [1.165, 1.54) is 11.7 Å². The number of rotatable bonds is 8. The number of anilines is 1. The lowest BCUT2D eigenvalue weighted by Gasteiger charge is -2.42. The van der Waals surface area contributed by atoms with Crippen molar-refractivity contribution in [3.05, 3.63) is 89.0 Å². The Labute approximate surface area is 284 Å². The Balaban J connectivity index is 1.24. The number of ether oxygens (including phenoxy) is 2. The first-order chi connectivity index (χ1) is 23.6. The van der Waals surface area contributed by atoms with Gasteiger partial charge in [0.15, 0.2) is 0 Å². The molecule has 2 N–H and O–H groups in total. The highest BCUT2D eigenvalue weighted by atomic mass is 16.5. The number of amides is 2. The van der Waals surface area contributed by atoms with Gasteiger partial charge in [-0.3, -0.25) is 18.8 Å². The number of aromatic nitrogens is 3. The van der Waals surface area contributed by atoms with Crippen LogP contribution in [0.3, 0.4) is 0 Å². The van der Waals surface area contributed by atoms with E-state index in [-0.39, 0.29) is 41.7 Å². The Kier molecular flexibility index (Phi) is 9.42. The molecule has 1 atom stereocenters. The molecule has 0 aliphatic carbocycles. The number of nitrogen functional groups attached to an aromatic ring is 1. The third kappa shape index (κ3) is 6.73. The maximum Gasteiger partial charge on any atom is 0.409 e. The predicted octanol–water partition coefficient (Wildman–Crippen LogP) is 4.17. The van der Waals surface area contributed by atoms with Gasteiger partial charge in [-0.05, 0) is 75.2 Å². The molecule has 4 heterocycles. The van der Waals surface area contributed by atoms with Crippen LogP contribution >= 0.6 is 0 Å². The van der Waals surface area contributed by atoms with E-state index in [0.717, 1.165) is 6.42 Å². The molecule has 6 rings (SSSR count). The number of hydrogen-bond donors (Lipinski definition) is 1. The normalized spacial score (nSPS) is 17.3. The van der Waals surface area contributed by atoms with E-state index in [1.54, 1.807) is 57.0 Å². The van der Waals surface area contributed by atoms with E-state index in [1.807, 2.05) is 44.2 Å². The molecular formula is C36H40N8O5. The van der Waals surface area contributed by atoms with Gasteiger partial charge >= 0.3 is 11.8 Å². The van der Waals surface area contributed by atoms with Crippen molar-refractivity contribution in [1.29, 1.82) is 5.26 Å². The molecule has 0 unspecified atom stereocenters. The Bertz CT molecular complexity index is 1970. The summed E-state index contributed by atoms with van der Waals surface area (Å²) in [5.41, 5.74) is 7.15. The van der Waals surface area contributed by atoms with Gasteiger partial charge < -0.3 is 25.0 Å². The molecule has 2 saturated heterocycles. The van der Waals surface area contributed by atoms with Gasteiger partial charge in [-0.25, -0.2) is 14.6 Å². The molecule has 2 aliphatic heterocycles. The average molecular weight is 665 g/mol. The lowest BCUT2D eigenvalue weighted by atomic mass is 9.97. The number of para-hydroxylation sites is 1. The van der Waals surface area contributed by atoms with Gasteiger partial charge in [0.05, 0.1) is 24.4 Å². The van der Waals surface area contributed by atoms with Crippen LogP contribution in [0.4, 0.5) is 10.6 Å². The highest BCUT2D eigenvalue weighted by Gasteiger charge is 2.35. The molecule has 2 aromatic heterocycles. The van der Waals surface area contributed by atoms with Crippen LogP contribution in [0.2, 0.25) is 0 Å². The van der Waals surface area contributed by atoms with Crippen molar-refractivity contribution >= 4 is 28.9 Å². The zero-order chi connectivity index (χ0) is 34.7. The van der Waals surface area contributed by atoms with Crippen molar-refractivity contribution in [3.8, 4) is 23.3 Å². The molecule has 49 heavy (non-hydrogen) atoms. The monoisotopic (exact) mass is 664 g/mol. The fourth-order valence-electron chi connectivity index (χ4n) is 6.77. The van der Waals surface area contributed by atoms with E-state index in [0.29, 0.717) is 67.4 Å². The van der Waals surface area contributed by atoms with Crippen molar-refractivity contribution in [2.24, 2.45) is 0 Å². The van der Waals surface area contributed by atoms with Crippen LogP contribution < -0.4 is 16.2 Å². The molecular weight excluding hydrogens is 624 g/mol. The van der Waals surface area contributed by atoms with E-state index in [9.17, 15) is 19.6 Å². The molecule has 2 aromatic carbocycles. The molecule has 0 spiro atoms. The van der Waals surface area contributed by atoms with Crippen LogP contribution in [0.1, 0.15) is 26.7 Å². The summed E-state index contributed by atoms with van der Waals surface area (Å²) in [6, 6.07) is 20.2. The zero-order valence-corrected chi connectivity index (χ0v) is 27.9. The molecule has 254 valence electrons. The minimum Gasteiger partial charge on any atom is -0.457 e. The van der Waals surface area contributed by atoms with Crippen LogP contribution in [0, 0.1) is 11.3 Å². The highest BCUT2D eigenvalue weighted by molar-refractivity contribution is 5.98. The number of carbonyl (C=O) groups excluding carboxylic acids is 2. The summed E-state index contributed by atoms with van der Waals surface area (Å²) >= 11 is 0. The van der Waals surface area contributed by atoms with Crippen molar-refractivity contribution < 1.29 is 19.1 Å². The number of methoxy groups -OCH3 is 1. The predicted molar refractivity (Wildman–Crippen MR) is 184 cm³/mol. The quantitative estimate of drug-likeness (QED) is 0.216. The number of pyridine rings is 1. The number of hydrogen-bond acceptors (Lipinski definition) is 9. The summed E-state index contributed by atoms with van der Waals surface area (Å²) < 4.78 is 13.9. The summed E-state index contributed by atoms with van der Waals surface area (Å²) in [7, 11) is 1.36. The van der Waals surface area contributed by atoms with Gasteiger partial charge in [0.1, 0.15) is 34.5 Å². The maximum absolute atomic E-state index is 14.1. The second-order valence-electron chi connectivity index (χ2n) is 12.8. The summed E-state index contributed by atoms with van der Waals surface area (Å²) in [6.07, 6.45) is 4.33. The second kappa shape index (κ2) is 13.9. The van der Waals surface area contributed by atoms with E-state index >= 15 is 0 Å². The second-order valence-corrected chi connectivity index (χ2v) is 12.8. The number of nitrogens with two attached hydrogens (primary N) is 1. The summed E-state index contributed by atoms with van der Waals surface area (Å²) in [5, 5.41) is 10.1. The molecule has 0 radical (unpaired) electrons. The minimum absolute atomic E-state index is 0.0494. The van der Waals surface area contributed by atoms with Gasteiger partial charge in [0, 0.05) is 51.0 Å². The summed E-state index contributed by atoms with van der Waals surface area (Å²) in [5.74, 6) is 1.16. The van der Waals surface area contributed by atoms with Gasteiger partial charge in [-0.2, -0.15) is 5.26 Å². The number of nitriles is 1. The molecule has 2 fully saturated rings. The standard InChI is InChI=1S/C36H40N8O5/c1-36(2,41-20-18-40(19-21-41)35(47)48-3)22-25(23-37)33(45)42-17-7-8-27(42)24-43-30-15-16-39-32(38)31(30)44(34(43)46)26-11-13-29(14-12-26)49-28-9-5-4-6-10-28/h4-6,9-16,22,27H,7-8,17-21,24H2,1-3H3,(H2,38,39)/t27-/m0/s1. The first kappa shape index (κ1) is 33.3. The maximum atomic E-state index is 14.1. The largest absolute Gasteiger partial charge is 0.457 e. The van der Waals surface area contributed by atoms with Crippen molar-refractivity contribution in [3.63, 3.8) is 0 Å². The Morgan fingerprint density at radius 3 is 2.39 bits per heavy atom. The molecule has 2 amide bonds. The lowest BCUT2D eigenvalue weighted by molar-refractivity contribution is -0.127. The zero-order valence-electron chi connectivity index (χ0n) is 27.9. The smallest absolute Gasteiger partial charge is 0.409 e. The highest BCUT2D eigenvalue weighted by Crippen LogP contribution is 2.28. The number of carbonyl (C=O) groups is 2. The Morgan fingerprint density at radius 2 is 1.71 bits per heavy atom. The first-order valence-corrected chi connectivity index (χ1v) is 16.3. The molecule has 4 aromatic rings. The van der Waals surface area contributed by atoms with Crippen molar-refractivity contribution in [2.45, 2.75) is 44.8 Å². The average Bonchev–Trinajstić information content (AvgIpc) is 3.70. The number of imidazole rings is 1. The molecule has 13 nitrogen and oxygen atoms in total. The lowest BCUT2D eigenvalue weighted by Crippen LogP contribution is -2.55. The number of benzene rings is 2. The molecule has 13 heteroatoms. The van der Waals surface area contributed by atoms with Crippen LogP contribution in [0.25, 0.3) is 16.7 Å². The van der Waals surface area contributed by atoms with Gasteiger partial charge in [-0.15, -0.1) is 0 Å². The van der Waals surface area contributed by atoms with Crippen LogP contribution in [-0.4, -0.2) is 92.2 Å². The molecule has 2 aliphatic rings. The van der Waals surface area contributed by atoms with Crippen LogP contribution in [0.5, 0.6) is 11.5 Å². The van der Waals surface area contributed by atoms with Gasteiger partial charge in [0.25, 0.3) is 5.91 Å². The van der Waals surface area contributed by atoms with E-state index in [2.05, 4.69) is 16.0 Å². The van der Waals surface area contributed by atoms with Crippen LogP contribution in [0.15, 0.2) is 83.3 Å². The number of likely N-dealkylation sites (tertiary alicyclic amines) is 1. The van der Waals surface area contributed by atoms with Gasteiger partial charge in [-0.1, -0.05) is 18.2 Å². The SMILES string of the molecule is COC(=O)N1CCN(C(C)(C)C=C(C#N)C(=O)N2CCC[C@H]2Cn2c(=O)n(-c3ccc(Oc4ccccc4)cc3)c3c(N)nccc32)CC1. The number of fused-ring (bicyclic) bond motifs is 1. The van der Waals surface area contributed by atoms with E-state index < -0.39 is 5.54 Å². The third-order valence-electron chi connectivity index (χ3n) is 9.35. The molecule has 0 bridgehead atoms. The minimum atomic E-state index is -0.616. The van der Waals surface area contributed by atoms with Crippen molar-refractivity contribution in [2.75, 3.05) is 45.6 Å². The number of nitrogens with zero attached hydrogens (tertiary/aromatic N) is 7. The Hall–Kier alpha value is -5.61. The van der Waals surface area contributed by atoms with E-state index in [4.69, 9.17) is 15.2 Å². The number of piperazine rings is 1. The Morgan fingerprint density at radius 1 is 1.02 bits per heavy atom.